The molecule has 1 aliphatic rings. The van der Waals surface area contributed by atoms with Gasteiger partial charge < -0.3 is 4.57 Å². The molecule has 5 heteroatoms. The van der Waals surface area contributed by atoms with Crippen molar-refractivity contribution in [3.8, 4) is 0 Å². The highest BCUT2D eigenvalue weighted by atomic mass is 19.2. The number of hydrogen-bond donors (Lipinski definition) is 0. The maximum Gasteiger partial charge on any atom is 0.161 e. The highest BCUT2D eigenvalue weighted by Crippen LogP contribution is 2.41. The molecule has 0 saturated heterocycles. The van der Waals surface area contributed by atoms with Crippen LogP contribution in [0.25, 0.3) is 16.6 Å². The third kappa shape index (κ3) is 3.48. The fourth-order valence-corrected chi connectivity index (χ4v) is 3.14. The van der Waals surface area contributed by atoms with E-state index in [4.69, 9.17) is 0 Å². The summed E-state index contributed by atoms with van der Waals surface area (Å²) >= 11 is 0. The fraction of sp³-hybridized carbons (Fsp3) is 0.429. The summed E-state index contributed by atoms with van der Waals surface area (Å²) in [6.45, 7) is 8.19. The molecule has 0 atom stereocenters. The van der Waals surface area contributed by atoms with Gasteiger partial charge in [-0.25, -0.2) is 13.8 Å². The highest BCUT2D eigenvalue weighted by molar-refractivity contribution is 6.24. The standard InChI is InChI=1S/C21H25F2N3/c1-5-7-10-24-20(13(3)4)15(6-2)21-25-18-11-16(22)17(23)12-19(18)26(21)14-8-9-14/h6-7,10-14H,5,8-9H2,1-4H3/b10-7+,15-6+,24-20+. The summed E-state index contributed by atoms with van der Waals surface area (Å²) in [5, 5.41) is 0. The van der Waals surface area contributed by atoms with Gasteiger partial charge >= 0.3 is 0 Å². The number of nitrogens with zero attached hydrogens (tertiary/aromatic N) is 3. The molecule has 0 spiro atoms. The molecule has 3 rings (SSSR count). The molecule has 0 aliphatic heterocycles. The SMILES string of the molecule is C\C=C(/C(=N/C=C/CC)C(C)C)c1nc2cc(F)c(F)cc2n1C1CC1. The van der Waals surface area contributed by atoms with Crippen LogP contribution in [-0.4, -0.2) is 15.3 Å². The average Bonchev–Trinajstić information content (AvgIpc) is 3.37. The van der Waals surface area contributed by atoms with Gasteiger partial charge in [0.05, 0.1) is 16.7 Å². The van der Waals surface area contributed by atoms with Gasteiger partial charge in [-0.15, -0.1) is 0 Å². The van der Waals surface area contributed by atoms with Gasteiger partial charge in [0, 0.05) is 29.9 Å². The first-order chi connectivity index (χ1) is 12.5. The molecule has 1 aromatic carbocycles. The van der Waals surface area contributed by atoms with Gasteiger partial charge in [-0.3, -0.25) is 4.99 Å². The van der Waals surface area contributed by atoms with E-state index in [0.717, 1.165) is 36.4 Å². The average molecular weight is 357 g/mol. The lowest BCUT2D eigenvalue weighted by molar-refractivity contribution is 0.510. The molecule has 0 amide bonds. The Morgan fingerprint density at radius 1 is 1.31 bits per heavy atom. The van der Waals surface area contributed by atoms with Gasteiger partial charge in [-0.05, 0) is 32.1 Å². The van der Waals surface area contributed by atoms with Crippen molar-refractivity contribution < 1.29 is 8.78 Å². The summed E-state index contributed by atoms with van der Waals surface area (Å²) in [5.74, 6) is -0.761. The number of halogens is 2. The lowest BCUT2D eigenvalue weighted by atomic mass is 9.99. The summed E-state index contributed by atoms with van der Waals surface area (Å²) in [6, 6.07) is 2.73. The summed E-state index contributed by atoms with van der Waals surface area (Å²) in [7, 11) is 0. The van der Waals surface area contributed by atoms with Crippen molar-refractivity contribution in [2.45, 2.75) is 53.0 Å². The quantitative estimate of drug-likeness (QED) is 0.577. The number of rotatable bonds is 6. The topological polar surface area (TPSA) is 30.2 Å². The zero-order valence-corrected chi connectivity index (χ0v) is 15.8. The molecule has 0 radical (unpaired) electrons. The normalized spacial score (nSPS) is 16.4. The molecule has 26 heavy (non-hydrogen) atoms. The lowest BCUT2D eigenvalue weighted by Gasteiger charge is -2.15. The Bertz CT molecular complexity index is 900. The van der Waals surface area contributed by atoms with E-state index in [2.05, 4.69) is 35.3 Å². The van der Waals surface area contributed by atoms with Crippen LogP contribution in [0, 0.1) is 17.6 Å². The van der Waals surface area contributed by atoms with Crippen molar-refractivity contribution in [2.75, 3.05) is 0 Å². The molecular formula is C21H25F2N3. The van der Waals surface area contributed by atoms with Crippen molar-refractivity contribution in [2.24, 2.45) is 10.9 Å². The van der Waals surface area contributed by atoms with Crippen LogP contribution in [0.3, 0.4) is 0 Å². The van der Waals surface area contributed by atoms with Crippen LogP contribution in [0.2, 0.25) is 0 Å². The second-order valence-corrected chi connectivity index (χ2v) is 6.96. The molecule has 1 aromatic heterocycles. The number of aromatic nitrogens is 2. The predicted octanol–water partition coefficient (Wildman–Crippen LogP) is 6.07. The fourth-order valence-electron chi connectivity index (χ4n) is 3.14. The largest absolute Gasteiger partial charge is 0.321 e. The molecule has 2 aromatic rings. The monoisotopic (exact) mass is 357 g/mol. The van der Waals surface area contributed by atoms with E-state index in [1.807, 2.05) is 25.3 Å². The Hall–Kier alpha value is -2.30. The molecule has 138 valence electrons. The van der Waals surface area contributed by atoms with Crippen LogP contribution in [0.15, 0.2) is 35.5 Å². The first-order valence-corrected chi connectivity index (χ1v) is 9.24. The summed E-state index contributed by atoms with van der Waals surface area (Å²) in [5.41, 5.74) is 2.98. The van der Waals surface area contributed by atoms with E-state index < -0.39 is 11.6 Å². The van der Waals surface area contributed by atoms with Crippen LogP contribution in [-0.2, 0) is 0 Å². The number of hydrogen-bond acceptors (Lipinski definition) is 2. The minimum absolute atomic E-state index is 0.198. The van der Waals surface area contributed by atoms with Crippen LogP contribution in [0.1, 0.15) is 58.8 Å². The van der Waals surface area contributed by atoms with Crippen molar-refractivity contribution >= 4 is 22.3 Å². The number of imidazole rings is 1. The third-order valence-electron chi connectivity index (χ3n) is 4.55. The Balaban J connectivity index is 2.20. The van der Waals surface area contributed by atoms with E-state index in [9.17, 15) is 8.78 Å². The van der Waals surface area contributed by atoms with Crippen molar-refractivity contribution in [3.05, 3.63) is 47.9 Å². The zero-order valence-electron chi connectivity index (χ0n) is 15.8. The maximum atomic E-state index is 13.8. The lowest BCUT2D eigenvalue weighted by Crippen LogP contribution is -2.14. The minimum atomic E-state index is -0.866. The molecule has 1 saturated carbocycles. The van der Waals surface area contributed by atoms with Gasteiger partial charge in [-0.1, -0.05) is 32.9 Å². The van der Waals surface area contributed by atoms with E-state index in [0.29, 0.717) is 11.0 Å². The van der Waals surface area contributed by atoms with Gasteiger partial charge in [0.25, 0.3) is 0 Å². The summed E-state index contributed by atoms with van der Waals surface area (Å²) in [4.78, 5) is 9.31. The predicted molar refractivity (Wildman–Crippen MR) is 103 cm³/mol. The minimum Gasteiger partial charge on any atom is -0.321 e. The molecule has 1 aliphatic carbocycles. The number of allylic oxidation sites excluding steroid dienone is 3. The number of benzene rings is 1. The van der Waals surface area contributed by atoms with E-state index in [1.54, 1.807) is 0 Å². The van der Waals surface area contributed by atoms with Crippen LogP contribution < -0.4 is 0 Å². The molecule has 0 bridgehead atoms. The van der Waals surface area contributed by atoms with Crippen LogP contribution >= 0.6 is 0 Å². The van der Waals surface area contributed by atoms with Gasteiger partial charge in [0.1, 0.15) is 5.82 Å². The Labute approximate surface area is 153 Å². The number of aliphatic imine (C=N–C) groups is 1. The van der Waals surface area contributed by atoms with Gasteiger partial charge in [0.2, 0.25) is 0 Å². The molecule has 3 nitrogen and oxygen atoms in total. The van der Waals surface area contributed by atoms with Crippen LogP contribution in [0.4, 0.5) is 8.78 Å². The second-order valence-electron chi connectivity index (χ2n) is 6.96. The van der Waals surface area contributed by atoms with Crippen molar-refractivity contribution in [1.29, 1.82) is 0 Å². The summed E-state index contributed by atoms with van der Waals surface area (Å²) < 4.78 is 29.6. The first kappa shape index (κ1) is 18.5. The van der Waals surface area contributed by atoms with Crippen molar-refractivity contribution in [1.82, 2.24) is 9.55 Å². The smallest absolute Gasteiger partial charge is 0.161 e. The number of fused-ring (bicyclic) bond motifs is 1. The first-order valence-electron chi connectivity index (χ1n) is 9.24. The molecule has 0 N–H and O–H groups in total. The molecule has 0 unspecified atom stereocenters. The summed E-state index contributed by atoms with van der Waals surface area (Å²) in [6.07, 6.45) is 8.79. The van der Waals surface area contributed by atoms with Gasteiger partial charge in [0.15, 0.2) is 11.6 Å². The third-order valence-corrected chi connectivity index (χ3v) is 4.55. The zero-order chi connectivity index (χ0) is 18.8. The van der Waals surface area contributed by atoms with E-state index in [-0.39, 0.29) is 12.0 Å². The maximum absolute atomic E-state index is 13.8. The van der Waals surface area contributed by atoms with E-state index >= 15 is 0 Å². The highest BCUT2D eigenvalue weighted by Gasteiger charge is 2.31. The molecule has 1 heterocycles. The Morgan fingerprint density at radius 3 is 2.58 bits per heavy atom. The molecular weight excluding hydrogens is 332 g/mol. The van der Waals surface area contributed by atoms with Crippen LogP contribution in [0.5, 0.6) is 0 Å². The Kier molecular flexibility index (Phi) is 5.35. The second kappa shape index (κ2) is 7.52. The van der Waals surface area contributed by atoms with E-state index in [1.165, 1.54) is 12.1 Å². The van der Waals surface area contributed by atoms with Gasteiger partial charge in [-0.2, -0.15) is 0 Å². The molecule has 1 fully saturated rings. The van der Waals surface area contributed by atoms with Crippen molar-refractivity contribution in [3.63, 3.8) is 0 Å². The Morgan fingerprint density at radius 2 is 2.00 bits per heavy atom.